The number of benzene rings is 1. The Morgan fingerprint density at radius 3 is 3.20 bits per heavy atom. The fraction of sp³-hybridized carbons (Fsp3) is 0. The van der Waals surface area contributed by atoms with Gasteiger partial charge in [-0.25, -0.2) is 0 Å². The van der Waals surface area contributed by atoms with Crippen molar-refractivity contribution in [3.8, 4) is 0 Å². The van der Waals surface area contributed by atoms with E-state index in [0.29, 0.717) is 11.1 Å². The Bertz CT molecular complexity index is 394. The van der Waals surface area contributed by atoms with Gasteiger partial charge in [0.05, 0.1) is 11.9 Å². The van der Waals surface area contributed by atoms with Gasteiger partial charge in [-0.3, -0.25) is 0 Å². The van der Waals surface area contributed by atoms with Crippen LogP contribution in [0.1, 0.15) is 1.37 Å². The monoisotopic (exact) mass is 152 g/mol. The Morgan fingerprint density at radius 2 is 2.40 bits per heavy atom. The number of hydrogen-bond donors (Lipinski definition) is 1. The van der Waals surface area contributed by atoms with E-state index in [9.17, 15) is 0 Å². The van der Waals surface area contributed by atoms with Gasteiger partial charge in [-0.15, -0.1) is 0 Å². The number of aromatic amines is 1. The molecule has 0 aliphatic heterocycles. The van der Waals surface area contributed by atoms with E-state index in [-0.39, 0.29) is 0 Å². The molecular weight excluding hydrogens is 146 g/mol. The molecule has 2 heteroatoms. The molecule has 1 nitrogen and oxygen atoms in total. The summed E-state index contributed by atoms with van der Waals surface area (Å²) in [5.41, 5.74) is 0.846. The molecule has 0 radical (unpaired) electrons. The van der Waals surface area contributed by atoms with Crippen LogP contribution < -0.4 is 0 Å². The van der Waals surface area contributed by atoms with Gasteiger partial charge >= 0.3 is 0 Å². The van der Waals surface area contributed by atoms with E-state index in [4.69, 9.17) is 13.0 Å². The maximum absolute atomic E-state index is 7.45. The highest BCUT2D eigenvalue weighted by Crippen LogP contribution is 2.20. The largest absolute Gasteiger partial charge is 0.360 e. The molecule has 2 aromatic rings. The Labute approximate surface area is 65.0 Å². The third-order valence-corrected chi connectivity index (χ3v) is 1.77. The van der Waals surface area contributed by atoms with E-state index in [0.717, 1.165) is 10.9 Å². The molecule has 0 aliphatic carbocycles. The Morgan fingerprint density at radius 1 is 1.50 bits per heavy atom. The third-order valence-electron chi connectivity index (χ3n) is 1.46. The van der Waals surface area contributed by atoms with Crippen molar-refractivity contribution in [1.29, 1.82) is 0 Å². The van der Waals surface area contributed by atoms with E-state index in [2.05, 4.69) is 4.98 Å². The van der Waals surface area contributed by atoms with Crippen LogP contribution in [0.5, 0.6) is 0 Å². The van der Waals surface area contributed by atoms with Crippen molar-refractivity contribution in [2.24, 2.45) is 0 Å². The summed E-state index contributed by atoms with van der Waals surface area (Å²) in [5.74, 6) is 0. The third kappa shape index (κ3) is 0.711. The molecule has 1 heterocycles. The van der Waals surface area contributed by atoms with E-state index < -0.39 is 0 Å². The average molecular weight is 153 g/mol. The van der Waals surface area contributed by atoms with E-state index in [1.807, 2.05) is 12.1 Å². The van der Waals surface area contributed by atoms with Crippen LogP contribution in [0.3, 0.4) is 0 Å². The standard InChI is InChI=1S/C8H6ClN/c9-7-3-1-2-6-4-5-10-8(6)7/h1-5,10H/i4D. The van der Waals surface area contributed by atoms with Gasteiger partial charge < -0.3 is 4.98 Å². The number of nitrogens with one attached hydrogen (secondary N) is 1. The number of para-hydroxylation sites is 1. The van der Waals surface area contributed by atoms with Crippen molar-refractivity contribution in [2.45, 2.75) is 0 Å². The van der Waals surface area contributed by atoms with Crippen LogP contribution in [0.4, 0.5) is 0 Å². The predicted molar refractivity (Wildman–Crippen MR) is 43.3 cm³/mol. The molecule has 0 unspecified atom stereocenters. The lowest BCUT2D eigenvalue weighted by Crippen LogP contribution is -1.67. The van der Waals surface area contributed by atoms with Gasteiger partial charge in [0.2, 0.25) is 0 Å². The topological polar surface area (TPSA) is 15.8 Å². The summed E-state index contributed by atoms with van der Waals surface area (Å²) in [7, 11) is 0. The first-order chi connectivity index (χ1) is 5.29. The SMILES string of the molecule is [2H]c1c[nH]c2c(Cl)cccc12. The smallest absolute Gasteiger partial charge is 0.0647 e. The van der Waals surface area contributed by atoms with Gasteiger partial charge in [-0.2, -0.15) is 0 Å². The minimum atomic E-state index is 0.488. The first-order valence-corrected chi connectivity index (χ1v) is 3.39. The molecular formula is C8H6ClN. The van der Waals surface area contributed by atoms with E-state index >= 15 is 0 Å². The Hall–Kier alpha value is -0.950. The van der Waals surface area contributed by atoms with Gasteiger partial charge in [0.15, 0.2) is 0 Å². The molecule has 0 bridgehead atoms. The van der Waals surface area contributed by atoms with Gasteiger partial charge in [-0.1, -0.05) is 23.7 Å². The maximum Gasteiger partial charge on any atom is 0.0647 e. The number of fused-ring (bicyclic) bond motifs is 1. The lowest BCUT2D eigenvalue weighted by Gasteiger charge is -1.90. The lowest BCUT2D eigenvalue weighted by molar-refractivity contribution is 1.48. The molecule has 0 fully saturated rings. The van der Waals surface area contributed by atoms with Crippen molar-refractivity contribution >= 4 is 22.5 Å². The minimum Gasteiger partial charge on any atom is -0.360 e. The summed E-state index contributed by atoms with van der Waals surface area (Å²) >= 11 is 5.86. The van der Waals surface area contributed by atoms with Gasteiger partial charge in [-0.05, 0) is 12.1 Å². The first-order valence-electron chi connectivity index (χ1n) is 3.51. The molecule has 0 aliphatic rings. The second-order valence-electron chi connectivity index (χ2n) is 2.10. The summed E-state index contributed by atoms with van der Waals surface area (Å²) in [6.45, 7) is 0. The van der Waals surface area contributed by atoms with Crippen LogP contribution in [-0.4, -0.2) is 4.98 Å². The second kappa shape index (κ2) is 2.03. The normalized spacial score (nSPS) is 11.9. The second-order valence-corrected chi connectivity index (χ2v) is 2.50. The maximum atomic E-state index is 7.45. The van der Waals surface area contributed by atoms with E-state index in [1.165, 1.54) is 0 Å². The van der Waals surface area contributed by atoms with Crippen molar-refractivity contribution in [2.75, 3.05) is 0 Å². The summed E-state index contributed by atoms with van der Waals surface area (Å²) in [5, 5.41) is 1.54. The van der Waals surface area contributed by atoms with Gasteiger partial charge in [0.1, 0.15) is 0 Å². The molecule has 0 saturated heterocycles. The van der Waals surface area contributed by atoms with Crippen LogP contribution in [-0.2, 0) is 0 Å². The van der Waals surface area contributed by atoms with Crippen molar-refractivity contribution < 1.29 is 1.37 Å². The average Bonchev–Trinajstić information content (AvgIpc) is 2.35. The van der Waals surface area contributed by atoms with Gasteiger partial charge in [0.25, 0.3) is 0 Å². The van der Waals surface area contributed by atoms with Crippen LogP contribution in [0, 0.1) is 0 Å². The molecule has 0 spiro atoms. The molecule has 0 amide bonds. The fourth-order valence-electron chi connectivity index (χ4n) is 0.977. The molecule has 50 valence electrons. The Balaban J connectivity index is 2.94. The fourth-order valence-corrected chi connectivity index (χ4v) is 1.21. The van der Waals surface area contributed by atoms with Crippen molar-refractivity contribution in [3.63, 3.8) is 0 Å². The Kier molecular flexibility index (Phi) is 0.974. The van der Waals surface area contributed by atoms with Crippen molar-refractivity contribution in [1.82, 2.24) is 4.98 Å². The summed E-state index contributed by atoms with van der Waals surface area (Å²) in [6.07, 6.45) is 1.64. The molecule has 1 aromatic carbocycles. The number of aromatic nitrogens is 1. The molecule has 10 heavy (non-hydrogen) atoms. The zero-order valence-electron chi connectivity index (χ0n) is 6.19. The molecule has 2 rings (SSSR count). The van der Waals surface area contributed by atoms with E-state index in [1.54, 1.807) is 12.3 Å². The highest BCUT2D eigenvalue weighted by molar-refractivity contribution is 6.35. The van der Waals surface area contributed by atoms with Crippen LogP contribution in [0.2, 0.25) is 5.02 Å². The highest BCUT2D eigenvalue weighted by Gasteiger charge is 1.95. The number of hydrogen-bond acceptors (Lipinski definition) is 0. The van der Waals surface area contributed by atoms with Crippen LogP contribution in [0.25, 0.3) is 10.9 Å². The summed E-state index contributed by atoms with van der Waals surface area (Å²) in [4.78, 5) is 2.94. The van der Waals surface area contributed by atoms with Gasteiger partial charge in [0, 0.05) is 11.6 Å². The lowest BCUT2D eigenvalue weighted by atomic mass is 10.2. The molecule has 0 atom stereocenters. The summed E-state index contributed by atoms with van der Waals surface area (Å²) < 4.78 is 7.45. The minimum absolute atomic E-state index is 0.488. The predicted octanol–water partition coefficient (Wildman–Crippen LogP) is 2.82. The van der Waals surface area contributed by atoms with Crippen LogP contribution >= 0.6 is 11.6 Å². The molecule has 1 aromatic heterocycles. The zero-order valence-corrected chi connectivity index (χ0v) is 5.94. The first kappa shape index (κ1) is 4.80. The zero-order chi connectivity index (χ0) is 7.84. The summed E-state index contributed by atoms with van der Waals surface area (Å²) in [6, 6.07) is 6.01. The number of rotatable bonds is 0. The number of H-pyrrole nitrogens is 1. The van der Waals surface area contributed by atoms with Crippen molar-refractivity contribution in [3.05, 3.63) is 35.5 Å². The van der Waals surface area contributed by atoms with Crippen LogP contribution in [0.15, 0.2) is 30.4 Å². The number of halogens is 1. The molecule has 1 N–H and O–H groups in total. The highest BCUT2D eigenvalue weighted by atomic mass is 35.5. The molecule has 0 saturated carbocycles. The quantitative estimate of drug-likeness (QED) is 0.598.